The lowest BCUT2D eigenvalue weighted by atomic mass is 10.1. The molecule has 222 valence electrons. The van der Waals surface area contributed by atoms with E-state index >= 15 is 0 Å². The molecule has 0 saturated heterocycles. The van der Waals surface area contributed by atoms with Gasteiger partial charge < -0.3 is 58.9 Å². The van der Waals surface area contributed by atoms with Gasteiger partial charge in [0.25, 0.3) is 0 Å². The first-order valence-corrected chi connectivity index (χ1v) is 12.1. The summed E-state index contributed by atoms with van der Waals surface area (Å²) in [4.78, 5) is 64.6. The first-order valence-electron chi connectivity index (χ1n) is 12.1. The molecule has 1 aromatic rings. The Bertz CT molecular complexity index is 1050. The van der Waals surface area contributed by atoms with Gasteiger partial charge in [0.15, 0.2) is 5.96 Å². The Morgan fingerprint density at radius 2 is 1.43 bits per heavy atom. The molecule has 17 heteroatoms. The van der Waals surface area contributed by atoms with Crippen molar-refractivity contribution in [2.24, 2.45) is 22.2 Å². The second-order valence-electron chi connectivity index (χ2n) is 8.59. The average molecular weight is 569 g/mol. The van der Waals surface area contributed by atoms with E-state index in [1.807, 2.05) is 0 Å². The Hall–Kier alpha value is -4.48. The molecule has 0 heterocycles. The number of amides is 4. The van der Waals surface area contributed by atoms with Crippen LogP contribution in [0.15, 0.2) is 29.3 Å². The number of hydrogen-bond donors (Lipinski definition) is 11. The summed E-state index contributed by atoms with van der Waals surface area (Å²) in [5, 5.41) is 46.5. The number of aromatic hydroxyl groups is 1. The third kappa shape index (κ3) is 12.4. The summed E-state index contributed by atoms with van der Waals surface area (Å²) in [6, 6.07) is 0.237. The largest absolute Gasteiger partial charge is 0.508 e. The molecule has 14 N–H and O–H groups in total. The third-order valence-electron chi connectivity index (χ3n) is 5.37. The molecule has 0 aliphatic heterocycles. The Kier molecular flexibility index (Phi) is 14.4. The number of carbonyl (C=O) groups is 5. The standard InChI is InChI=1S/C23H36N8O9/c24-14(2-1-7-27-23(25)26)19(36)30-17(11-33)21(38)31-16(10-32)20(37)28-9-18(35)29-15(22(39)40)8-12-3-5-13(34)6-4-12/h3-6,14-17,32-34H,1-2,7-11,24H2,(H,28,37)(H,29,35)(H,30,36)(H,31,38)(H,39,40)(H4,25,26,27)/t14-,15-,16-,17-/m0/s1. The Morgan fingerprint density at radius 3 is 1.98 bits per heavy atom. The first-order chi connectivity index (χ1) is 18.9. The van der Waals surface area contributed by atoms with Crippen LogP contribution in [0.25, 0.3) is 0 Å². The quantitative estimate of drug-likeness (QED) is 0.0478. The van der Waals surface area contributed by atoms with E-state index in [0.717, 1.165) is 0 Å². The third-order valence-corrected chi connectivity index (χ3v) is 5.37. The number of aliphatic carboxylic acids is 1. The van der Waals surface area contributed by atoms with Crippen LogP contribution >= 0.6 is 0 Å². The van der Waals surface area contributed by atoms with E-state index in [4.69, 9.17) is 17.2 Å². The number of nitrogens with zero attached hydrogens (tertiary/aromatic N) is 1. The topological polar surface area (TPSA) is 305 Å². The fraction of sp³-hybridized carbons (Fsp3) is 0.478. The van der Waals surface area contributed by atoms with Crippen LogP contribution in [-0.4, -0.2) is 106 Å². The zero-order valence-electron chi connectivity index (χ0n) is 21.6. The fourth-order valence-electron chi connectivity index (χ4n) is 3.19. The maximum atomic E-state index is 12.5. The molecule has 1 aromatic carbocycles. The number of carboxylic acids is 1. The van der Waals surface area contributed by atoms with Gasteiger partial charge in [-0.15, -0.1) is 0 Å². The van der Waals surface area contributed by atoms with Crippen molar-refractivity contribution in [3.05, 3.63) is 29.8 Å². The van der Waals surface area contributed by atoms with E-state index in [9.17, 15) is 44.4 Å². The highest BCUT2D eigenvalue weighted by molar-refractivity contribution is 5.94. The molecule has 17 nitrogen and oxygen atoms in total. The van der Waals surface area contributed by atoms with Crippen LogP contribution in [0.4, 0.5) is 0 Å². The number of aliphatic hydroxyl groups is 2. The highest BCUT2D eigenvalue weighted by Crippen LogP contribution is 2.11. The maximum absolute atomic E-state index is 12.5. The van der Waals surface area contributed by atoms with Gasteiger partial charge in [-0.3, -0.25) is 24.2 Å². The van der Waals surface area contributed by atoms with Crippen molar-refractivity contribution in [2.75, 3.05) is 26.3 Å². The molecule has 0 unspecified atom stereocenters. The van der Waals surface area contributed by atoms with Crippen molar-refractivity contribution in [3.8, 4) is 5.75 Å². The SMILES string of the molecule is NC(N)=NCCC[C@H](N)C(=O)N[C@@H](CO)C(=O)N[C@@H](CO)C(=O)NCC(=O)N[C@@H](Cc1ccc(O)cc1)C(=O)O. The van der Waals surface area contributed by atoms with E-state index in [2.05, 4.69) is 26.3 Å². The molecule has 0 aliphatic carbocycles. The molecule has 1 rings (SSSR count). The number of aliphatic imine (C=N–C) groups is 1. The highest BCUT2D eigenvalue weighted by Gasteiger charge is 2.28. The van der Waals surface area contributed by atoms with Gasteiger partial charge in [-0.05, 0) is 30.5 Å². The zero-order valence-corrected chi connectivity index (χ0v) is 21.6. The van der Waals surface area contributed by atoms with Crippen molar-refractivity contribution in [2.45, 2.75) is 43.4 Å². The molecule has 4 amide bonds. The molecule has 40 heavy (non-hydrogen) atoms. The minimum atomic E-state index is -1.56. The van der Waals surface area contributed by atoms with E-state index in [1.165, 1.54) is 24.3 Å². The van der Waals surface area contributed by atoms with Gasteiger partial charge in [0.2, 0.25) is 23.6 Å². The number of rotatable bonds is 17. The Morgan fingerprint density at radius 1 is 0.850 bits per heavy atom. The monoisotopic (exact) mass is 568 g/mol. The molecule has 0 aliphatic rings. The predicted molar refractivity (Wildman–Crippen MR) is 140 cm³/mol. The number of phenolic OH excluding ortho intramolecular Hbond substituents is 1. The van der Waals surface area contributed by atoms with Gasteiger partial charge in [-0.25, -0.2) is 4.79 Å². The summed E-state index contributed by atoms with van der Waals surface area (Å²) >= 11 is 0. The van der Waals surface area contributed by atoms with Crippen molar-refractivity contribution >= 4 is 35.6 Å². The second-order valence-corrected chi connectivity index (χ2v) is 8.59. The lowest BCUT2D eigenvalue weighted by Gasteiger charge is -2.22. The molecular formula is C23H36N8O9. The normalized spacial score (nSPS) is 13.6. The smallest absolute Gasteiger partial charge is 0.326 e. The van der Waals surface area contributed by atoms with Crippen molar-refractivity contribution in [1.29, 1.82) is 0 Å². The fourth-order valence-corrected chi connectivity index (χ4v) is 3.19. The number of nitrogens with two attached hydrogens (primary N) is 3. The number of benzene rings is 1. The van der Waals surface area contributed by atoms with E-state index < -0.39 is 73.5 Å². The van der Waals surface area contributed by atoms with Gasteiger partial charge in [-0.2, -0.15) is 0 Å². The van der Waals surface area contributed by atoms with Gasteiger partial charge in [0, 0.05) is 13.0 Å². The van der Waals surface area contributed by atoms with Crippen LogP contribution in [0.2, 0.25) is 0 Å². The minimum absolute atomic E-state index is 0.0137. The van der Waals surface area contributed by atoms with E-state index in [0.29, 0.717) is 12.0 Å². The molecule has 0 aromatic heterocycles. The number of nitrogens with one attached hydrogen (secondary N) is 4. The number of hydrogen-bond acceptors (Lipinski definition) is 10. The molecule has 0 spiro atoms. The van der Waals surface area contributed by atoms with Gasteiger partial charge >= 0.3 is 5.97 Å². The van der Waals surface area contributed by atoms with Gasteiger partial charge in [0.1, 0.15) is 23.9 Å². The number of aliphatic hydroxyl groups excluding tert-OH is 2. The second kappa shape index (κ2) is 17.2. The highest BCUT2D eigenvalue weighted by atomic mass is 16.4. The Labute approximate surface area is 229 Å². The first kappa shape index (κ1) is 33.5. The molecule has 0 saturated carbocycles. The van der Waals surface area contributed by atoms with Crippen LogP contribution in [-0.2, 0) is 30.4 Å². The van der Waals surface area contributed by atoms with Crippen molar-refractivity contribution < 1.29 is 44.4 Å². The number of carbonyl (C=O) groups excluding carboxylic acids is 4. The maximum Gasteiger partial charge on any atom is 0.326 e. The summed E-state index contributed by atoms with van der Waals surface area (Å²) in [5.41, 5.74) is 16.7. The van der Waals surface area contributed by atoms with E-state index in [1.54, 1.807) is 0 Å². The summed E-state index contributed by atoms with van der Waals surface area (Å²) in [5.74, 6) is -5.09. The minimum Gasteiger partial charge on any atom is -0.508 e. The molecule has 4 atom stereocenters. The van der Waals surface area contributed by atoms with Crippen molar-refractivity contribution in [3.63, 3.8) is 0 Å². The summed E-state index contributed by atoms with van der Waals surface area (Å²) in [6.45, 7) is -2.19. The summed E-state index contributed by atoms with van der Waals surface area (Å²) in [7, 11) is 0. The van der Waals surface area contributed by atoms with Crippen LogP contribution < -0.4 is 38.5 Å². The molecular weight excluding hydrogens is 532 g/mol. The number of guanidine groups is 1. The van der Waals surface area contributed by atoms with Crippen LogP contribution in [0.3, 0.4) is 0 Å². The van der Waals surface area contributed by atoms with Crippen molar-refractivity contribution in [1.82, 2.24) is 21.3 Å². The van der Waals surface area contributed by atoms with Crippen LogP contribution in [0.5, 0.6) is 5.75 Å². The number of phenols is 1. The molecule has 0 fully saturated rings. The van der Waals surface area contributed by atoms with Crippen LogP contribution in [0, 0.1) is 0 Å². The van der Waals surface area contributed by atoms with Gasteiger partial charge in [-0.1, -0.05) is 12.1 Å². The lowest BCUT2D eigenvalue weighted by Crippen LogP contribution is -2.58. The van der Waals surface area contributed by atoms with E-state index in [-0.39, 0.29) is 31.1 Å². The Balaban J connectivity index is 2.60. The molecule has 0 bridgehead atoms. The lowest BCUT2D eigenvalue weighted by molar-refractivity contribution is -0.141. The summed E-state index contributed by atoms with van der Waals surface area (Å²) < 4.78 is 0. The number of carboxylic acid groups (broad SMARTS) is 1. The summed E-state index contributed by atoms with van der Waals surface area (Å²) in [6.07, 6.45) is 0.440. The predicted octanol–water partition coefficient (Wildman–Crippen LogP) is -5.04. The van der Waals surface area contributed by atoms with Crippen LogP contribution in [0.1, 0.15) is 18.4 Å². The molecule has 0 radical (unpaired) electrons. The zero-order chi connectivity index (χ0) is 30.2. The average Bonchev–Trinajstić information content (AvgIpc) is 2.91. The van der Waals surface area contributed by atoms with Gasteiger partial charge in [0.05, 0.1) is 25.8 Å².